The van der Waals surface area contributed by atoms with Crippen molar-refractivity contribution in [2.75, 3.05) is 5.32 Å². The largest absolute Gasteiger partial charge is 0.417 e. The number of pyridine rings is 1. The van der Waals surface area contributed by atoms with E-state index in [1.807, 2.05) is 13.0 Å². The summed E-state index contributed by atoms with van der Waals surface area (Å²) in [7, 11) is 0. The summed E-state index contributed by atoms with van der Waals surface area (Å²) in [5, 5.41) is 2.70. The number of carbonyl (C=O) groups is 1. The number of fused-ring (bicyclic) bond motifs is 1. The molecule has 1 amide bonds. The highest BCUT2D eigenvalue weighted by Crippen LogP contribution is 2.30. The Balaban J connectivity index is 2.04. The minimum atomic E-state index is -4.49. The van der Waals surface area contributed by atoms with Gasteiger partial charge in [0.05, 0.1) is 11.3 Å². The molecular formula is C17H14F3N3O. The van der Waals surface area contributed by atoms with Gasteiger partial charge in [-0.2, -0.15) is 13.2 Å². The number of aryl methyl sites for hydroxylation is 2. The first-order chi connectivity index (χ1) is 11.3. The van der Waals surface area contributed by atoms with E-state index in [9.17, 15) is 18.0 Å². The summed E-state index contributed by atoms with van der Waals surface area (Å²) >= 11 is 0. The van der Waals surface area contributed by atoms with Gasteiger partial charge in [0, 0.05) is 11.9 Å². The van der Waals surface area contributed by atoms with Gasteiger partial charge in [0.15, 0.2) is 0 Å². The smallest absolute Gasteiger partial charge is 0.321 e. The number of nitrogens with one attached hydrogen (secondary N) is 1. The first-order valence-electron chi connectivity index (χ1n) is 7.19. The number of halogens is 3. The Morgan fingerprint density at radius 1 is 1.17 bits per heavy atom. The van der Waals surface area contributed by atoms with Gasteiger partial charge in [-0.05, 0) is 43.7 Å². The van der Waals surface area contributed by atoms with Crippen molar-refractivity contribution in [2.24, 2.45) is 0 Å². The summed E-state index contributed by atoms with van der Waals surface area (Å²) in [6, 6.07) is 9.35. The maximum Gasteiger partial charge on any atom is 0.417 e. The molecule has 0 aliphatic heterocycles. The van der Waals surface area contributed by atoms with E-state index in [1.54, 1.807) is 25.1 Å². The number of carbonyl (C=O) groups excluding carboxylic acids is 1. The molecule has 0 saturated heterocycles. The van der Waals surface area contributed by atoms with Crippen molar-refractivity contribution < 1.29 is 18.0 Å². The predicted molar refractivity (Wildman–Crippen MR) is 84.1 cm³/mol. The summed E-state index contributed by atoms with van der Waals surface area (Å²) in [6.07, 6.45) is -3.60. The average Bonchev–Trinajstić information content (AvgIpc) is 2.81. The third-order valence-electron chi connectivity index (χ3n) is 3.61. The Bertz CT molecular complexity index is 928. The Morgan fingerprint density at radius 3 is 2.58 bits per heavy atom. The van der Waals surface area contributed by atoms with Gasteiger partial charge < -0.3 is 5.32 Å². The van der Waals surface area contributed by atoms with Crippen LogP contribution in [0.25, 0.3) is 5.65 Å². The molecule has 0 aliphatic carbocycles. The molecule has 0 radical (unpaired) electrons. The average molecular weight is 333 g/mol. The molecular weight excluding hydrogens is 319 g/mol. The second-order valence-electron chi connectivity index (χ2n) is 5.51. The lowest BCUT2D eigenvalue weighted by Gasteiger charge is -2.09. The monoisotopic (exact) mass is 333 g/mol. The van der Waals surface area contributed by atoms with E-state index in [2.05, 4.69) is 10.3 Å². The van der Waals surface area contributed by atoms with Crippen LogP contribution < -0.4 is 5.32 Å². The summed E-state index contributed by atoms with van der Waals surface area (Å²) in [5.41, 5.74) is 1.42. The van der Waals surface area contributed by atoms with Gasteiger partial charge in [-0.1, -0.05) is 12.1 Å². The maximum atomic E-state index is 12.9. The van der Waals surface area contributed by atoms with Crippen molar-refractivity contribution in [3.05, 3.63) is 65.1 Å². The summed E-state index contributed by atoms with van der Waals surface area (Å²) < 4.78 is 39.9. The molecule has 1 N–H and O–H groups in total. The van der Waals surface area contributed by atoms with Crippen LogP contribution >= 0.6 is 0 Å². The molecule has 0 unspecified atom stereocenters. The van der Waals surface area contributed by atoms with Gasteiger partial charge in [0.2, 0.25) is 0 Å². The van der Waals surface area contributed by atoms with Crippen LogP contribution in [0.15, 0.2) is 42.6 Å². The summed E-state index contributed by atoms with van der Waals surface area (Å²) in [4.78, 5) is 16.7. The Labute approximate surface area is 135 Å². The molecule has 0 saturated carbocycles. The molecule has 0 fully saturated rings. The molecule has 0 atom stereocenters. The molecule has 3 rings (SSSR count). The molecule has 24 heavy (non-hydrogen) atoms. The van der Waals surface area contributed by atoms with E-state index < -0.39 is 17.6 Å². The van der Waals surface area contributed by atoms with E-state index in [0.29, 0.717) is 11.4 Å². The van der Waals surface area contributed by atoms with E-state index in [-0.39, 0.29) is 11.3 Å². The predicted octanol–water partition coefficient (Wildman–Crippen LogP) is 4.22. The molecule has 4 nitrogen and oxygen atoms in total. The number of hydrogen-bond donors (Lipinski definition) is 1. The SMILES string of the molecule is Cc1cccc(NC(=O)c2c(C)nc3ccc(C(F)(F)F)cn23)c1. The van der Waals surface area contributed by atoms with E-state index in [0.717, 1.165) is 17.8 Å². The van der Waals surface area contributed by atoms with E-state index >= 15 is 0 Å². The second-order valence-corrected chi connectivity index (χ2v) is 5.51. The molecule has 0 aliphatic rings. The number of nitrogens with zero attached hydrogens (tertiary/aromatic N) is 2. The number of amides is 1. The van der Waals surface area contributed by atoms with E-state index in [1.165, 1.54) is 10.5 Å². The Kier molecular flexibility index (Phi) is 3.79. The van der Waals surface area contributed by atoms with Gasteiger partial charge in [-0.3, -0.25) is 9.20 Å². The molecule has 1 aromatic carbocycles. The molecule has 3 aromatic rings. The lowest BCUT2D eigenvalue weighted by molar-refractivity contribution is -0.137. The number of imidazole rings is 1. The van der Waals surface area contributed by atoms with Gasteiger partial charge >= 0.3 is 6.18 Å². The zero-order chi connectivity index (χ0) is 17.5. The number of anilines is 1. The van der Waals surface area contributed by atoms with Crippen LogP contribution in [0.1, 0.15) is 27.3 Å². The van der Waals surface area contributed by atoms with Crippen LogP contribution in [0.3, 0.4) is 0 Å². The number of alkyl halides is 3. The molecule has 7 heteroatoms. The standard InChI is InChI=1S/C17H14F3N3O/c1-10-4-3-5-13(8-10)22-16(24)15-11(2)21-14-7-6-12(9-23(14)15)17(18,19)20/h3-9H,1-2H3,(H,22,24). The maximum absolute atomic E-state index is 12.9. The highest BCUT2D eigenvalue weighted by molar-refractivity contribution is 6.04. The summed E-state index contributed by atoms with van der Waals surface area (Å²) in [6.45, 7) is 3.47. The third-order valence-corrected chi connectivity index (χ3v) is 3.61. The van der Waals surface area contributed by atoms with Crippen molar-refractivity contribution in [3.63, 3.8) is 0 Å². The van der Waals surface area contributed by atoms with Crippen molar-refractivity contribution in [2.45, 2.75) is 20.0 Å². The number of hydrogen-bond acceptors (Lipinski definition) is 2. The van der Waals surface area contributed by atoms with Gasteiger partial charge in [-0.15, -0.1) is 0 Å². The molecule has 124 valence electrons. The van der Waals surface area contributed by atoms with Crippen LogP contribution in [0.5, 0.6) is 0 Å². The normalized spacial score (nSPS) is 11.7. The highest BCUT2D eigenvalue weighted by atomic mass is 19.4. The fraction of sp³-hybridized carbons (Fsp3) is 0.176. The van der Waals surface area contributed by atoms with Crippen molar-refractivity contribution in [3.8, 4) is 0 Å². The fourth-order valence-corrected chi connectivity index (χ4v) is 2.52. The van der Waals surface area contributed by atoms with Crippen LogP contribution in [-0.4, -0.2) is 15.3 Å². The van der Waals surface area contributed by atoms with Crippen molar-refractivity contribution in [1.82, 2.24) is 9.38 Å². The van der Waals surface area contributed by atoms with Gasteiger partial charge in [0.1, 0.15) is 11.3 Å². The highest BCUT2D eigenvalue weighted by Gasteiger charge is 2.31. The molecule has 2 aromatic heterocycles. The fourth-order valence-electron chi connectivity index (χ4n) is 2.52. The lowest BCUT2D eigenvalue weighted by atomic mass is 10.2. The van der Waals surface area contributed by atoms with Crippen LogP contribution in [-0.2, 0) is 6.18 Å². The topological polar surface area (TPSA) is 46.4 Å². The van der Waals surface area contributed by atoms with Crippen LogP contribution in [0.2, 0.25) is 0 Å². The van der Waals surface area contributed by atoms with Crippen LogP contribution in [0, 0.1) is 13.8 Å². The van der Waals surface area contributed by atoms with E-state index in [4.69, 9.17) is 0 Å². The first-order valence-corrected chi connectivity index (χ1v) is 7.19. The first kappa shape index (κ1) is 16.0. The number of rotatable bonds is 2. The quantitative estimate of drug-likeness (QED) is 0.763. The minimum absolute atomic E-state index is 0.0811. The summed E-state index contributed by atoms with van der Waals surface area (Å²) in [5.74, 6) is -0.509. The van der Waals surface area contributed by atoms with Gasteiger partial charge in [0.25, 0.3) is 5.91 Å². The number of aromatic nitrogens is 2. The molecule has 0 spiro atoms. The molecule has 2 heterocycles. The lowest BCUT2D eigenvalue weighted by Crippen LogP contribution is -2.16. The zero-order valence-corrected chi connectivity index (χ0v) is 13.0. The zero-order valence-electron chi connectivity index (χ0n) is 13.0. The number of benzene rings is 1. The van der Waals surface area contributed by atoms with Crippen molar-refractivity contribution >= 4 is 17.2 Å². The van der Waals surface area contributed by atoms with Crippen molar-refractivity contribution in [1.29, 1.82) is 0 Å². The third kappa shape index (κ3) is 2.97. The minimum Gasteiger partial charge on any atom is -0.321 e. The Hall–Kier alpha value is -2.83. The Morgan fingerprint density at radius 2 is 1.92 bits per heavy atom. The molecule has 0 bridgehead atoms. The van der Waals surface area contributed by atoms with Gasteiger partial charge in [-0.25, -0.2) is 4.98 Å². The van der Waals surface area contributed by atoms with Crippen LogP contribution in [0.4, 0.5) is 18.9 Å². The second kappa shape index (κ2) is 5.67.